The van der Waals surface area contributed by atoms with Gasteiger partial charge in [0.2, 0.25) is 0 Å². The van der Waals surface area contributed by atoms with Gasteiger partial charge >= 0.3 is 5.97 Å². The summed E-state index contributed by atoms with van der Waals surface area (Å²) in [5.41, 5.74) is 3.88. The quantitative estimate of drug-likeness (QED) is 0.0935. The molecule has 4 N–H and O–H groups in total. The van der Waals surface area contributed by atoms with Gasteiger partial charge in [-0.05, 0) is 153 Å². The van der Waals surface area contributed by atoms with Crippen LogP contribution < -0.4 is 10.6 Å². The van der Waals surface area contributed by atoms with Crippen molar-refractivity contribution in [1.82, 2.24) is 10.6 Å². The van der Waals surface area contributed by atoms with E-state index in [9.17, 15) is 29.4 Å². The van der Waals surface area contributed by atoms with E-state index in [0.717, 1.165) is 37.7 Å². The molecule has 0 bridgehead atoms. The highest BCUT2D eigenvalue weighted by molar-refractivity contribution is 6.30. The summed E-state index contributed by atoms with van der Waals surface area (Å²) in [6, 6.07) is 6.72. The van der Waals surface area contributed by atoms with Gasteiger partial charge in [-0.3, -0.25) is 24.5 Å². The predicted octanol–water partition coefficient (Wildman–Crippen LogP) is 9.18. The van der Waals surface area contributed by atoms with E-state index in [0.29, 0.717) is 77.5 Å². The van der Waals surface area contributed by atoms with Gasteiger partial charge in [0.25, 0.3) is 0 Å². The fraction of sp³-hybridized carbons (Fsp3) is 0.750. The van der Waals surface area contributed by atoms with E-state index in [1.807, 2.05) is 6.92 Å². The highest BCUT2D eigenvalue weighted by Gasteiger charge is 2.66. The number of fused-ring (bicyclic) bond motifs is 7. The molecular formula is C48H71ClN2O6. The molecule has 5 saturated carbocycles. The number of ketones is 2. The Morgan fingerprint density at radius 3 is 2.25 bits per heavy atom. The molecule has 316 valence electrons. The number of Topliss-reactive ketones (excluding diaryl/α,β-unsaturated/α-hetero) is 2. The fourth-order valence-corrected chi connectivity index (χ4v) is 14.4. The number of aldehydes is 1. The van der Waals surface area contributed by atoms with Crippen molar-refractivity contribution in [3.05, 3.63) is 46.0 Å². The number of carbonyl (C=O) groups excluding carboxylic acids is 3. The van der Waals surface area contributed by atoms with Crippen molar-refractivity contribution in [2.24, 2.45) is 74.9 Å². The smallest absolute Gasteiger partial charge is 0.306 e. The number of carboxylic acid groups (broad SMARTS) is 1. The van der Waals surface area contributed by atoms with Gasteiger partial charge in [-0.1, -0.05) is 77.8 Å². The van der Waals surface area contributed by atoms with E-state index in [1.54, 1.807) is 36.9 Å². The van der Waals surface area contributed by atoms with Crippen molar-refractivity contribution in [2.45, 2.75) is 132 Å². The number of nitrogens with one attached hydrogen (secondary N) is 2. The van der Waals surface area contributed by atoms with Crippen molar-refractivity contribution in [1.29, 1.82) is 0 Å². The van der Waals surface area contributed by atoms with Crippen LogP contribution in [0.15, 0.2) is 35.4 Å². The highest BCUT2D eigenvalue weighted by atomic mass is 35.5. The van der Waals surface area contributed by atoms with Gasteiger partial charge in [0, 0.05) is 41.3 Å². The summed E-state index contributed by atoms with van der Waals surface area (Å²) < 4.78 is 0. The van der Waals surface area contributed by atoms with Crippen molar-refractivity contribution < 1.29 is 29.4 Å². The average molecular weight is 808 g/mol. The van der Waals surface area contributed by atoms with Gasteiger partial charge in [0.15, 0.2) is 5.78 Å². The standard InChI is InChI=1S/C41H66N2O5.C7H5ClO/c1-23(2)35-31(45)21-41(17-18-43-22-34(46)42-8)16-12-29-26(36(35)41)9-10-33-39(29,6)15-13-32-38(4,5)25(11-14-40(32,33)7)19-30(44)27-20-28(24(27)3)37(47)48;8-7-3-1-6(5-9)2-4-7/h23-29,32-34,42-43,46H,9-22H2,1-8H3,(H,47,48);1-5H. The number of allylic oxidation sites excluding steroid dienone is 2. The first-order valence-corrected chi connectivity index (χ1v) is 22.5. The van der Waals surface area contributed by atoms with E-state index in [4.69, 9.17) is 11.6 Å². The lowest BCUT2D eigenvalue weighted by Gasteiger charge is -2.69. The number of carboxylic acids is 1. The molecule has 5 fully saturated rings. The van der Waals surface area contributed by atoms with E-state index < -0.39 is 12.2 Å². The fourth-order valence-electron chi connectivity index (χ4n) is 14.3. The van der Waals surface area contributed by atoms with Crippen LogP contribution in [0.2, 0.25) is 5.02 Å². The molecular weight excluding hydrogens is 736 g/mol. The van der Waals surface area contributed by atoms with Crippen LogP contribution in [-0.2, 0) is 14.4 Å². The summed E-state index contributed by atoms with van der Waals surface area (Å²) in [5.74, 6) is 2.42. The van der Waals surface area contributed by atoms with Crippen LogP contribution in [-0.4, -0.2) is 60.4 Å². The zero-order valence-electron chi connectivity index (χ0n) is 36.0. The predicted molar refractivity (Wildman–Crippen MR) is 226 cm³/mol. The molecule has 0 aromatic heterocycles. The molecule has 12 atom stereocenters. The van der Waals surface area contributed by atoms with Gasteiger partial charge in [-0.25, -0.2) is 0 Å². The molecule has 0 amide bonds. The molecule has 9 heteroatoms. The molecule has 0 aliphatic heterocycles. The number of aliphatic carboxylic acids is 1. The van der Waals surface area contributed by atoms with E-state index >= 15 is 0 Å². The number of hydrogen-bond acceptors (Lipinski definition) is 7. The number of carbonyl (C=O) groups is 4. The Kier molecular flexibility index (Phi) is 13.1. The van der Waals surface area contributed by atoms with Crippen LogP contribution in [0, 0.1) is 74.9 Å². The van der Waals surface area contributed by atoms with Crippen molar-refractivity contribution in [3.63, 3.8) is 0 Å². The summed E-state index contributed by atoms with van der Waals surface area (Å²) in [5, 5.41) is 26.5. The Labute approximate surface area is 347 Å². The van der Waals surface area contributed by atoms with Crippen LogP contribution in [0.5, 0.6) is 0 Å². The minimum atomic E-state index is -0.752. The maximum Gasteiger partial charge on any atom is 0.306 e. The molecule has 1 aromatic carbocycles. The molecule has 0 radical (unpaired) electrons. The monoisotopic (exact) mass is 807 g/mol. The summed E-state index contributed by atoms with van der Waals surface area (Å²) in [7, 11) is 1.77. The largest absolute Gasteiger partial charge is 0.481 e. The molecule has 0 spiro atoms. The molecule has 8 nitrogen and oxygen atoms in total. The SMILES string of the molecule is CNC(O)CNCCC12CCC3C(CCC4C3(C)CCC3C(C)(C)C(CC(=O)C5CC(C(=O)O)C5C)CCC34C)C1=C(C(C)C)C(=O)C2.O=Cc1ccc(Cl)cc1. The third-order valence-corrected chi connectivity index (χ3v) is 17.6. The molecule has 57 heavy (non-hydrogen) atoms. The van der Waals surface area contributed by atoms with Crippen molar-refractivity contribution in [2.75, 3.05) is 20.1 Å². The van der Waals surface area contributed by atoms with Gasteiger partial charge < -0.3 is 15.5 Å². The van der Waals surface area contributed by atoms with Gasteiger partial charge in [-0.2, -0.15) is 0 Å². The van der Waals surface area contributed by atoms with Crippen molar-refractivity contribution >= 4 is 35.4 Å². The zero-order valence-corrected chi connectivity index (χ0v) is 36.7. The molecule has 7 rings (SSSR count). The first kappa shape index (κ1) is 44.2. The third kappa shape index (κ3) is 8.00. The first-order chi connectivity index (χ1) is 26.8. The van der Waals surface area contributed by atoms with E-state index in [2.05, 4.69) is 52.2 Å². The Balaban J connectivity index is 0.000000538. The Bertz CT molecular complexity index is 1710. The lowest BCUT2D eigenvalue weighted by atomic mass is 9.35. The summed E-state index contributed by atoms with van der Waals surface area (Å²) in [6.45, 7) is 17.9. The molecule has 0 saturated heterocycles. The van der Waals surface area contributed by atoms with Crippen LogP contribution in [0.25, 0.3) is 0 Å². The second-order valence-corrected chi connectivity index (χ2v) is 21.1. The number of rotatable bonds is 12. The Morgan fingerprint density at radius 1 is 0.947 bits per heavy atom. The summed E-state index contributed by atoms with van der Waals surface area (Å²) >= 11 is 5.55. The van der Waals surface area contributed by atoms with Gasteiger partial charge in [-0.15, -0.1) is 0 Å². The Hall–Kier alpha value is -2.39. The summed E-state index contributed by atoms with van der Waals surface area (Å²) in [6.07, 6.45) is 12.4. The van der Waals surface area contributed by atoms with Crippen LogP contribution >= 0.6 is 11.6 Å². The second-order valence-electron chi connectivity index (χ2n) is 20.6. The minimum Gasteiger partial charge on any atom is -0.481 e. The highest BCUT2D eigenvalue weighted by Crippen LogP contribution is 2.74. The number of likely N-dealkylation sites (N-methyl/N-ethyl adjacent to an activating group) is 1. The van der Waals surface area contributed by atoms with Crippen LogP contribution in [0.4, 0.5) is 0 Å². The number of hydrogen-bond donors (Lipinski definition) is 4. The van der Waals surface area contributed by atoms with E-state index in [-0.39, 0.29) is 45.3 Å². The molecule has 12 unspecified atom stereocenters. The lowest BCUT2D eigenvalue weighted by molar-refractivity contribution is -0.193. The minimum absolute atomic E-state index is 0.0330. The number of aliphatic hydroxyl groups is 1. The third-order valence-electron chi connectivity index (χ3n) is 17.4. The van der Waals surface area contributed by atoms with E-state index in [1.165, 1.54) is 38.5 Å². The second kappa shape index (κ2) is 16.9. The molecule has 0 heterocycles. The van der Waals surface area contributed by atoms with Crippen LogP contribution in [0.3, 0.4) is 0 Å². The van der Waals surface area contributed by atoms with Gasteiger partial charge in [0.05, 0.1) is 5.92 Å². The van der Waals surface area contributed by atoms with Crippen molar-refractivity contribution in [3.8, 4) is 0 Å². The first-order valence-electron chi connectivity index (χ1n) is 22.1. The zero-order chi connectivity index (χ0) is 41.7. The van der Waals surface area contributed by atoms with Gasteiger partial charge in [0.1, 0.15) is 18.3 Å². The normalized spacial score (nSPS) is 38.4. The average Bonchev–Trinajstić information content (AvgIpc) is 3.46. The number of benzene rings is 1. The topological polar surface area (TPSA) is 133 Å². The maximum atomic E-state index is 13.8. The Morgan fingerprint density at radius 2 is 1.63 bits per heavy atom. The van der Waals surface area contributed by atoms with Crippen LogP contribution in [0.1, 0.15) is 136 Å². The number of halogens is 1. The number of aliphatic hydroxyl groups excluding tert-OH is 1. The molecule has 6 aliphatic rings. The summed E-state index contributed by atoms with van der Waals surface area (Å²) in [4.78, 5) is 48.9. The molecule has 1 aromatic rings. The lowest BCUT2D eigenvalue weighted by Crippen LogP contribution is -2.62. The molecule has 6 aliphatic carbocycles. The maximum absolute atomic E-state index is 13.8.